The van der Waals surface area contributed by atoms with Gasteiger partial charge in [0, 0.05) is 6.07 Å². The Morgan fingerprint density at radius 3 is 2.19 bits per heavy atom. The van der Waals surface area contributed by atoms with Crippen molar-refractivity contribution < 1.29 is 17.6 Å². The van der Waals surface area contributed by atoms with E-state index in [0.717, 1.165) is 4.68 Å². The first kappa shape index (κ1) is 15.4. The van der Waals surface area contributed by atoms with Crippen LogP contribution in [0.4, 0.5) is 17.6 Å². The summed E-state index contributed by atoms with van der Waals surface area (Å²) in [5, 5.41) is 7.39. The van der Waals surface area contributed by atoms with E-state index in [-0.39, 0.29) is 6.07 Å². The van der Waals surface area contributed by atoms with Crippen LogP contribution in [0, 0.1) is 23.3 Å². The topological polar surface area (TPSA) is 56.7 Å². The van der Waals surface area contributed by atoms with Gasteiger partial charge < -0.3 is 5.73 Å². The minimum atomic E-state index is -1.52. The number of aromatic nitrogens is 3. The van der Waals surface area contributed by atoms with Crippen molar-refractivity contribution >= 4 is 0 Å². The van der Waals surface area contributed by atoms with Crippen molar-refractivity contribution in [1.29, 1.82) is 0 Å². The molecule has 21 heavy (non-hydrogen) atoms. The molecule has 1 aromatic carbocycles. The van der Waals surface area contributed by atoms with Crippen LogP contribution in [0.5, 0.6) is 0 Å². The molecule has 4 nitrogen and oxygen atoms in total. The van der Waals surface area contributed by atoms with Crippen molar-refractivity contribution in [1.82, 2.24) is 15.0 Å². The number of halogens is 4. The monoisotopic (exact) mass is 302 g/mol. The molecule has 0 saturated heterocycles. The van der Waals surface area contributed by atoms with Gasteiger partial charge in [-0.25, -0.2) is 22.2 Å². The molecule has 1 unspecified atom stereocenters. The first-order valence-electron chi connectivity index (χ1n) is 6.45. The smallest absolute Gasteiger partial charge is 0.187 e. The second-order valence-corrected chi connectivity index (χ2v) is 4.52. The van der Waals surface area contributed by atoms with Crippen LogP contribution in [0.2, 0.25) is 0 Å². The van der Waals surface area contributed by atoms with Gasteiger partial charge in [-0.05, 0) is 12.8 Å². The molecule has 0 bridgehead atoms. The van der Waals surface area contributed by atoms with Gasteiger partial charge in [0.1, 0.15) is 11.4 Å². The first-order valence-corrected chi connectivity index (χ1v) is 6.45. The maximum Gasteiger partial charge on any atom is 0.187 e. The fourth-order valence-corrected chi connectivity index (χ4v) is 2.05. The summed E-state index contributed by atoms with van der Waals surface area (Å²) < 4.78 is 55.0. The zero-order chi connectivity index (χ0) is 15.7. The van der Waals surface area contributed by atoms with Gasteiger partial charge >= 0.3 is 0 Å². The van der Waals surface area contributed by atoms with E-state index in [1.807, 2.05) is 6.92 Å². The van der Waals surface area contributed by atoms with Crippen molar-refractivity contribution in [2.24, 2.45) is 5.73 Å². The SMILES string of the molecule is CCc1c(C(N)CC)nnn1-c1c(F)c(F)cc(F)c1F. The van der Waals surface area contributed by atoms with Crippen LogP contribution in [-0.4, -0.2) is 15.0 Å². The third-order valence-corrected chi connectivity index (χ3v) is 3.22. The summed E-state index contributed by atoms with van der Waals surface area (Å²) in [6, 6.07) is -0.326. The quantitative estimate of drug-likeness (QED) is 0.698. The van der Waals surface area contributed by atoms with Crippen molar-refractivity contribution in [3.8, 4) is 5.69 Å². The van der Waals surface area contributed by atoms with Crippen LogP contribution in [0.15, 0.2) is 6.07 Å². The highest BCUT2D eigenvalue weighted by Crippen LogP contribution is 2.26. The Labute approximate surface area is 118 Å². The maximum atomic E-state index is 13.8. The summed E-state index contributed by atoms with van der Waals surface area (Å²) in [6.07, 6.45) is 0.835. The molecule has 8 heteroatoms. The Morgan fingerprint density at radius 1 is 1.14 bits per heavy atom. The molecule has 114 valence electrons. The van der Waals surface area contributed by atoms with E-state index in [9.17, 15) is 17.6 Å². The number of nitrogens with zero attached hydrogens (tertiary/aromatic N) is 3. The van der Waals surface area contributed by atoms with Gasteiger partial charge in [-0.15, -0.1) is 5.10 Å². The lowest BCUT2D eigenvalue weighted by Crippen LogP contribution is -2.14. The standard InChI is InChI=1S/C13H14F4N4/c1-3-8(18)12-9(4-2)21(20-19-12)13-10(16)6(14)5-7(15)11(13)17/h5,8H,3-4,18H2,1-2H3. The highest BCUT2D eigenvalue weighted by atomic mass is 19.2. The van der Waals surface area contributed by atoms with E-state index in [2.05, 4.69) is 10.3 Å². The highest BCUT2D eigenvalue weighted by molar-refractivity contribution is 5.38. The zero-order valence-electron chi connectivity index (χ0n) is 11.5. The predicted molar refractivity (Wildman–Crippen MR) is 67.8 cm³/mol. The fraction of sp³-hybridized carbons (Fsp3) is 0.385. The zero-order valence-corrected chi connectivity index (χ0v) is 11.5. The second kappa shape index (κ2) is 5.80. The molecule has 0 radical (unpaired) electrons. The number of nitrogens with two attached hydrogens (primary N) is 1. The first-order chi connectivity index (χ1) is 9.92. The molecule has 0 fully saturated rings. The molecule has 0 amide bonds. The summed E-state index contributed by atoms with van der Waals surface area (Å²) >= 11 is 0. The van der Waals surface area contributed by atoms with Crippen molar-refractivity contribution in [2.45, 2.75) is 32.7 Å². The van der Waals surface area contributed by atoms with Gasteiger partial charge in [0.05, 0.1) is 11.7 Å². The normalized spacial score (nSPS) is 12.7. The van der Waals surface area contributed by atoms with E-state index < -0.39 is 35.0 Å². The maximum absolute atomic E-state index is 13.8. The Morgan fingerprint density at radius 2 is 1.71 bits per heavy atom. The summed E-state index contributed by atoms with van der Waals surface area (Å²) in [6.45, 7) is 3.51. The molecule has 1 atom stereocenters. The van der Waals surface area contributed by atoms with E-state index in [4.69, 9.17) is 5.73 Å². The largest absolute Gasteiger partial charge is 0.323 e. The molecule has 1 aromatic heterocycles. The van der Waals surface area contributed by atoms with Gasteiger partial charge in [0.25, 0.3) is 0 Å². The molecule has 0 spiro atoms. The lowest BCUT2D eigenvalue weighted by molar-refractivity contribution is 0.441. The van der Waals surface area contributed by atoms with Crippen LogP contribution in [0.3, 0.4) is 0 Å². The lowest BCUT2D eigenvalue weighted by Gasteiger charge is -2.11. The van der Waals surface area contributed by atoms with Crippen LogP contribution in [0.25, 0.3) is 5.69 Å². The summed E-state index contributed by atoms with van der Waals surface area (Å²) in [5.74, 6) is -6.04. The molecular weight excluding hydrogens is 288 g/mol. The molecule has 1 heterocycles. The Kier molecular flexibility index (Phi) is 4.26. The van der Waals surface area contributed by atoms with Gasteiger partial charge in [-0.3, -0.25) is 0 Å². The highest BCUT2D eigenvalue weighted by Gasteiger charge is 2.25. The summed E-state index contributed by atoms with van der Waals surface area (Å²) in [7, 11) is 0. The minimum Gasteiger partial charge on any atom is -0.323 e. The van der Waals surface area contributed by atoms with E-state index >= 15 is 0 Å². The van der Waals surface area contributed by atoms with Gasteiger partial charge in [-0.1, -0.05) is 19.1 Å². The third kappa shape index (κ3) is 2.51. The van der Waals surface area contributed by atoms with E-state index in [1.165, 1.54) is 0 Å². The van der Waals surface area contributed by atoms with Gasteiger partial charge in [0.2, 0.25) is 0 Å². The van der Waals surface area contributed by atoms with Crippen molar-refractivity contribution in [3.63, 3.8) is 0 Å². The van der Waals surface area contributed by atoms with Crippen LogP contribution in [-0.2, 0) is 6.42 Å². The molecule has 0 saturated carbocycles. The van der Waals surface area contributed by atoms with Gasteiger partial charge in [-0.2, -0.15) is 0 Å². The number of hydrogen-bond donors (Lipinski definition) is 1. The second-order valence-electron chi connectivity index (χ2n) is 4.52. The predicted octanol–water partition coefficient (Wildman–Crippen LogP) is 2.80. The minimum absolute atomic E-state index is 0.148. The molecule has 2 rings (SSSR count). The van der Waals surface area contributed by atoms with E-state index in [1.54, 1.807) is 6.92 Å². The molecule has 0 aliphatic heterocycles. The molecule has 2 N–H and O–H groups in total. The Balaban J connectivity index is 2.71. The Hall–Kier alpha value is -1.96. The van der Waals surface area contributed by atoms with Gasteiger partial charge in [0.15, 0.2) is 23.3 Å². The average molecular weight is 302 g/mol. The average Bonchev–Trinajstić information content (AvgIpc) is 2.88. The van der Waals surface area contributed by atoms with E-state index in [0.29, 0.717) is 24.2 Å². The third-order valence-electron chi connectivity index (χ3n) is 3.22. The van der Waals surface area contributed by atoms with Crippen LogP contribution in [0.1, 0.15) is 37.7 Å². The fourth-order valence-electron chi connectivity index (χ4n) is 2.05. The molecule has 0 aliphatic rings. The van der Waals surface area contributed by atoms with Crippen molar-refractivity contribution in [2.75, 3.05) is 0 Å². The summed E-state index contributed by atoms with van der Waals surface area (Å²) in [4.78, 5) is 0. The molecule has 2 aromatic rings. The molecule has 0 aliphatic carbocycles. The number of rotatable bonds is 4. The van der Waals surface area contributed by atoms with Crippen molar-refractivity contribution in [3.05, 3.63) is 40.7 Å². The molecular formula is C13H14F4N4. The number of hydrogen-bond acceptors (Lipinski definition) is 3. The lowest BCUT2D eigenvalue weighted by atomic mass is 10.1. The van der Waals surface area contributed by atoms with Crippen LogP contribution < -0.4 is 5.73 Å². The van der Waals surface area contributed by atoms with Crippen LogP contribution >= 0.6 is 0 Å². The summed E-state index contributed by atoms with van der Waals surface area (Å²) in [5.41, 5.74) is 5.58. The number of benzene rings is 1. The Bertz CT molecular complexity index is 642.